The number of nitrogens with one attached hydrogen (secondary N) is 1. The SMILES string of the molecule is CC(=O)NC(C(=O)N(C)CCCC(=O)O)C(C)C. The first-order chi connectivity index (χ1) is 8.25. The molecule has 6 heteroatoms. The quantitative estimate of drug-likeness (QED) is 0.695. The molecule has 18 heavy (non-hydrogen) atoms. The number of carbonyl (C=O) groups excluding carboxylic acids is 2. The van der Waals surface area contributed by atoms with E-state index in [0.29, 0.717) is 13.0 Å². The van der Waals surface area contributed by atoms with Crippen molar-refractivity contribution in [1.82, 2.24) is 10.2 Å². The molecule has 0 fully saturated rings. The first kappa shape index (κ1) is 16.4. The Morgan fingerprint density at radius 3 is 2.22 bits per heavy atom. The van der Waals surface area contributed by atoms with Crippen LogP contribution in [0.2, 0.25) is 0 Å². The van der Waals surface area contributed by atoms with Gasteiger partial charge in [0.25, 0.3) is 0 Å². The monoisotopic (exact) mass is 258 g/mol. The number of aliphatic carboxylic acids is 1. The fraction of sp³-hybridized carbons (Fsp3) is 0.750. The third-order valence-electron chi connectivity index (χ3n) is 2.55. The Bertz CT molecular complexity index is 315. The molecule has 0 aliphatic carbocycles. The largest absolute Gasteiger partial charge is 0.481 e. The number of carboxylic acid groups (broad SMARTS) is 1. The number of nitrogens with zero attached hydrogens (tertiary/aromatic N) is 1. The highest BCUT2D eigenvalue weighted by Crippen LogP contribution is 2.06. The third-order valence-corrected chi connectivity index (χ3v) is 2.55. The smallest absolute Gasteiger partial charge is 0.303 e. The molecule has 0 aliphatic rings. The second kappa shape index (κ2) is 7.68. The maximum absolute atomic E-state index is 12.1. The number of carboxylic acids is 1. The van der Waals surface area contributed by atoms with Gasteiger partial charge in [-0.2, -0.15) is 0 Å². The van der Waals surface area contributed by atoms with Gasteiger partial charge in [-0.1, -0.05) is 13.8 Å². The lowest BCUT2D eigenvalue weighted by molar-refractivity contribution is -0.138. The zero-order valence-corrected chi connectivity index (χ0v) is 11.4. The van der Waals surface area contributed by atoms with Crippen molar-refractivity contribution >= 4 is 17.8 Å². The van der Waals surface area contributed by atoms with Crippen molar-refractivity contribution in [2.24, 2.45) is 5.92 Å². The van der Waals surface area contributed by atoms with Crippen molar-refractivity contribution in [2.45, 2.75) is 39.7 Å². The van der Waals surface area contributed by atoms with Crippen LogP contribution in [0.3, 0.4) is 0 Å². The molecule has 0 aromatic rings. The van der Waals surface area contributed by atoms with Crippen molar-refractivity contribution in [3.05, 3.63) is 0 Å². The lowest BCUT2D eigenvalue weighted by Crippen LogP contribution is -2.49. The summed E-state index contributed by atoms with van der Waals surface area (Å²) >= 11 is 0. The predicted molar refractivity (Wildman–Crippen MR) is 66.9 cm³/mol. The summed E-state index contributed by atoms with van der Waals surface area (Å²) in [7, 11) is 1.61. The molecule has 1 atom stereocenters. The van der Waals surface area contributed by atoms with Crippen molar-refractivity contribution in [1.29, 1.82) is 0 Å². The molecular weight excluding hydrogens is 236 g/mol. The predicted octanol–water partition coefficient (Wildman–Crippen LogP) is 0.470. The Morgan fingerprint density at radius 2 is 1.83 bits per heavy atom. The molecule has 0 heterocycles. The molecule has 0 saturated carbocycles. The van der Waals surface area contributed by atoms with E-state index in [-0.39, 0.29) is 24.2 Å². The van der Waals surface area contributed by atoms with E-state index in [9.17, 15) is 14.4 Å². The van der Waals surface area contributed by atoms with Crippen molar-refractivity contribution in [2.75, 3.05) is 13.6 Å². The number of hydrogen-bond donors (Lipinski definition) is 2. The van der Waals surface area contributed by atoms with E-state index in [0.717, 1.165) is 0 Å². The molecule has 0 bridgehead atoms. The van der Waals surface area contributed by atoms with E-state index in [2.05, 4.69) is 5.32 Å². The molecule has 0 aromatic carbocycles. The molecule has 0 radical (unpaired) electrons. The van der Waals surface area contributed by atoms with Gasteiger partial charge in [-0.15, -0.1) is 0 Å². The minimum absolute atomic E-state index is 0.0108. The van der Waals surface area contributed by atoms with Crippen LogP contribution in [-0.4, -0.2) is 47.4 Å². The van der Waals surface area contributed by atoms with Gasteiger partial charge in [0.15, 0.2) is 0 Å². The van der Waals surface area contributed by atoms with Crippen LogP contribution in [-0.2, 0) is 14.4 Å². The van der Waals surface area contributed by atoms with Gasteiger partial charge in [0, 0.05) is 26.9 Å². The lowest BCUT2D eigenvalue weighted by atomic mass is 10.0. The Morgan fingerprint density at radius 1 is 1.28 bits per heavy atom. The van der Waals surface area contributed by atoms with Gasteiger partial charge in [0.2, 0.25) is 11.8 Å². The zero-order chi connectivity index (χ0) is 14.3. The number of carbonyl (C=O) groups is 3. The minimum atomic E-state index is -0.877. The molecule has 0 saturated heterocycles. The average Bonchev–Trinajstić information content (AvgIpc) is 2.23. The Kier molecular flexibility index (Phi) is 7.00. The van der Waals surface area contributed by atoms with Crippen molar-refractivity contribution < 1.29 is 19.5 Å². The van der Waals surface area contributed by atoms with E-state index in [1.54, 1.807) is 7.05 Å². The third kappa shape index (κ3) is 6.22. The summed E-state index contributed by atoms with van der Waals surface area (Å²) in [5.41, 5.74) is 0. The van der Waals surface area contributed by atoms with Gasteiger partial charge in [0.1, 0.15) is 6.04 Å². The molecule has 0 rings (SSSR count). The molecule has 0 aromatic heterocycles. The van der Waals surface area contributed by atoms with Gasteiger partial charge >= 0.3 is 5.97 Å². The molecule has 1 unspecified atom stereocenters. The van der Waals surface area contributed by atoms with Gasteiger partial charge in [-0.25, -0.2) is 0 Å². The summed E-state index contributed by atoms with van der Waals surface area (Å²) < 4.78 is 0. The average molecular weight is 258 g/mol. The minimum Gasteiger partial charge on any atom is -0.481 e. The molecule has 2 N–H and O–H groups in total. The second-order valence-electron chi connectivity index (χ2n) is 4.68. The molecule has 0 aliphatic heterocycles. The number of hydrogen-bond acceptors (Lipinski definition) is 3. The fourth-order valence-electron chi connectivity index (χ4n) is 1.55. The van der Waals surface area contributed by atoms with E-state index in [1.807, 2.05) is 13.8 Å². The fourth-order valence-corrected chi connectivity index (χ4v) is 1.55. The molecular formula is C12H22N2O4. The van der Waals surface area contributed by atoms with Crippen LogP contribution in [0.25, 0.3) is 0 Å². The standard InChI is InChI=1S/C12H22N2O4/c1-8(2)11(13-9(3)15)12(18)14(4)7-5-6-10(16)17/h8,11H,5-7H2,1-4H3,(H,13,15)(H,16,17). The first-order valence-electron chi connectivity index (χ1n) is 5.99. The van der Waals surface area contributed by atoms with Crippen LogP contribution in [0.4, 0.5) is 0 Å². The molecule has 2 amide bonds. The van der Waals surface area contributed by atoms with E-state index in [1.165, 1.54) is 11.8 Å². The summed E-state index contributed by atoms with van der Waals surface area (Å²) in [6.07, 6.45) is 0.437. The van der Waals surface area contributed by atoms with Crippen LogP contribution in [0.5, 0.6) is 0 Å². The summed E-state index contributed by atoms with van der Waals surface area (Å²) in [4.78, 5) is 34.9. The second-order valence-corrected chi connectivity index (χ2v) is 4.68. The topological polar surface area (TPSA) is 86.7 Å². The van der Waals surface area contributed by atoms with Crippen LogP contribution in [0.1, 0.15) is 33.6 Å². The van der Waals surface area contributed by atoms with E-state index >= 15 is 0 Å². The van der Waals surface area contributed by atoms with Crippen LogP contribution >= 0.6 is 0 Å². The summed E-state index contributed by atoms with van der Waals surface area (Å²) in [6, 6.07) is -0.558. The Balaban J connectivity index is 4.38. The zero-order valence-electron chi connectivity index (χ0n) is 11.4. The van der Waals surface area contributed by atoms with Gasteiger partial charge in [-0.05, 0) is 12.3 Å². The van der Waals surface area contributed by atoms with Crippen LogP contribution in [0, 0.1) is 5.92 Å². The maximum Gasteiger partial charge on any atom is 0.303 e. The summed E-state index contributed by atoms with van der Waals surface area (Å²) in [5.74, 6) is -1.33. The van der Waals surface area contributed by atoms with E-state index < -0.39 is 12.0 Å². The highest BCUT2D eigenvalue weighted by Gasteiger charge is 2.25. The normalized spacial score (nSPS) is 12.1. The van der Waals surface area contributed by atoms with Gasteiger partial charge < -0.3 is 15.3 Å². The van der Waals surface area contributed by atoms with Crippen molar-refractivity contribution in [3.63, 3.8) is 0 Å². The first-order valence-corrected chi connectivity index (χ1v) is 5.99. The Hall–Kier alpha value is -1.59. The Labute approximate surface area is 107 Å². The summed E-state index contributed by atoms with van der Waals surface area (Å²) in [5, 5.41) is 11.1. The number of rotatable bonds is 7. The van der Waals surface area contributed by atoms with E-state index in [4.69, 9.17) is 5.11 Å². The lowest BCUT2D eigenvalue weighted by Gasteiger charge is -2.26. The van der Waals surface area contributed by atoms with Crippen LogP contribution < -0.4 is 5.32 Å². The molecule has 6 nitrogen and oxygen atoms in total. The van der Waals surface area contributed by atoms with Crippen molar-refractivity contribution in [3.8, 4) is 0 Å². The van der Waals surface area contributed by atoms with Gasteiger partial charge in [0.05, 0.1) is 0 Å². The highest BCUT2D eigenvalue weighted by molar-refractivity contribution is 5.86. The maximum atomic E-state index is 12.1. The molecule has 0 spiro atoms. The highest BCUT2D eigenvalue weighted by atomic mass is 16.4. The molecule has 104 valence electrons. The number of amides is 2. The number of likely N-dealkylation sites (N-methyl/N-ethyl adjacent to an activating group) is 1. The summed E-state index contributed by atoms with van der Waals surface area (Å²) in [6.45, 7) is 5.44. The van der Waals surface area contributed by atoms with Crippen LogP contribution in [0.15, 0.2) is 0 Å². The van der Waals surface area contributed by atoms with Gasteiger partial charge in [-0.3, -0.25) is 14.4 Å².